The molecule has 0 heterocycles. The Balaban J connectivity index is 0.000000516. The predicted molar refractivity (Wildman–Crippen MR) is 87.7 cm³/mol. The van der Waals surface area contributed by atoms with Crippen molar-refractivity contribution in [2.75, 3.05) is 21.3 Å². The number of halogens is 4. The number of nitrogens with zero attached hydrogens (tertiary/aromatic N) is 1. The molecule has 0 aliphatic heterocycles. The number of non-ortho nitro benzene ring substituents is 1. The fourth-order valence-electron chi connectivity index (χ4n) is 1.79. The maximum atomic E-state index is 10.7. The van der Waals surface area contributed by atoms with Gasteiger partial charge in [0.05, 0.1) is 26.3 Å². The predicted octanol–water partition coefficient (Wildman–Crippen LogP) is -0.952. The van der Waals surface area contributed by atoms with Crippen molar-refractivity contribution in [3.05, 3.63) is 53.7 Å². The lowest BCUT2D eigenvalue weighted by atomic mass is 10.3. The van der Waals surface area contributed by atoms with Gasteiger partial charge in [-0.3, -0.25) is 10.1 Å². The Labute approximate surface area is 173 Å². The number of alkyl halides is 3. The lowest BCUT2D eigenvalue weighted by Gasteiger charge is -2.08. The molecule has 0 saturated heterocycles. The molecule has 0 fully saturated rings. The molecule has 0 unspecified atom stereocenters. The van der Waals surface area contributed by atoms with Crippen LogP contribution in [0.5, 0.6) is 17.2 Å². The summed E-state index contributed by atoms with van der Waals surface area (Å²) >= 11 is -0.606. The van der Waals surface area contributed by atoms with Gasteiger partial charge in [-0.15, -0.1) is 0 Å². The minimum atomic E-state index is -5.19. The standard InChI is InChI=1S/C15H15INO5.C2HF3O2/c1-20-12-8-13(21-2)15(14(9-12)22-3)16-10-4-6-11(7-5-10)17(18)19;3-2(4,5)1(6)7/h4-9H,1-3H3;(H,6,7)/q+1;/p-1. The van der Waals surface area contributed by atoms with Crippen molar-refractivity contribution in [2.24, 2.45) is 0 Å². The first-order valence-corrected chi connectivity index (χ1v) is 9.66. The van der Waals surface area contributed by atoms with E-state index in [1.807, 2.05) is 12.1 Å². The van der Waals surface area contributed by atoms with E-state index in [0.29, 0.717) is 17.2 Å². The molecule has 0 amide bonds. The average Bonchev–Trinajstić information content (AvgIpc) is 2.68. The van der Waals surface area contributed by atoms with E-state index < -0.39 is 38.3 Å². The third-order valence-electron chi connectivity index (χ3n) is 3.13. The molecule has 0 aliphatic carbocycles. The largest absolute Gasteiger partial charge is 0.542 e. The number of methoxy groups -OCH3 is 3. The maximum absolute atomic E-state index is 10.7. The van der Waals surface area contributed by atoms with Crippen molar-refractivity contribution < 1.29 is 63.4 Å². The molecule has 0 radical (unpaired) electrons. The third kappa shape index (κ3) is 7.29. The first kappa shape index (κ1) is 24.3. The number of hydrogen-bond donors (Lipinski definition) is 0. The van der Waals surface area contributed by atoms with E-state index in [9.17, 15) is 23.3 Å². The number of hydrogen-bond acceptors (Lipinski definition) is 7. The maximum Gasteiger partial charge on any atom is 0.430 e. The Morgan fingerprint density at radius 2 is 1.45 bits per heavy atom. The van der Waals surface area contributed by atoms with Gasteiger partial charge in [0.15, 0.2) is 15.1 Å². The minimum absolute atomic E-state index is 0.0846. The Morgan fingerprint density at radius 3 is 1.76 bits per heavy atom. The number of carbonyl (C=O) groups excluding carboxylic acids is 1. The highest BCUT2D eigenvalue weighted by atomic mass is 127. The first-order valence-electron chi connectivity index (χ1n) is 7.51. The number of carboxylic acid groups (broad SMARTS) is 1. The molecule has 0 aliphatic rings. The van der Waals surface area contributed by atoms with Gasteiger partial charge in [0.25, 0.3) is 9.26 Å². The molecule has 0 N–H and O–H groups in total. The van der Waals surface area contributed by atoms with Crippen molar-refractivity contribution >= 4 is 11.7 Å². The second kappa shape index (κ2) is 10.7. The number of nitro benzene ring substituents is 1. The second-order valence-corrected chi connectivity index (χ2v) is 7.82. The summed E-state index contributed by atoms with van der Waals surface area (Å²) in [7, 11) is 4.77. The van der Waals surface area contributed by atoms with E-state index >= 15 is 0 Å². The van der Waals surface area contributed by atoms with E-state index in [-0.39, 0.29) is 5.69 Å². The summed E-state index contributed by atoms with van der Waals surface area (Å²) in [6.07, 6.45) is -5.19. The van der Waals surface area contributed by atoms with Crippen molar-refractivity contribution in [1.82, 2.24) is 0 Å². The highest BCUT2D eigenvalue weighted by Crippen LogP contribution is 2.27. The van der Waals surface area contributed by atoms with Gasteiger partial charge in [-0.2, -0.15) is 13.2 Å². The number of aliphatic carboxylic acids is 1. The Kier molecular flexibility index (Phi) is 8.94. The van der Waals surface area contributed by atoms with Gasteiger partial charge in [-0.1, -0.05) is 0 Å². The summed E-state index contributed by atoms with van der Waals surface area (Å²) in [5.74, 6) is -0.956. The van der Waals surface area contributed by atoms with E-state index in [0.717, 1.165) is 7.14 Å². The Morgan fingerprint density at radius 1 is 1.00 bits per heavy atom. The SMILES string of the molecule is COc1cc(OC)c([I+]c2ccc([N+](=O)[O-])cc2)c(OC)c1.O=C([O-])C(F)(F)F. The fraction of sp³-hybridized carbons (Fsp3) is 0.235. The van der Waals surface area contributed by atoms with Crippen LogP contribution in [0.15, 0.2) is 36.4 Å². The number of rotatable bonds is 6. The number of nitro groups is 1. The monoisotopic (exact) mass is 529 g/mol. The second-order valence-electron chi connectivity index (χ2n) is 4.96. The Bertz CT molecular complexity index is 832. The molecular weight excluding hydrogens is 514 g/mol. The van der Waals surface area contributed by atoms with Gasteiger partial charge in [0.1, 0.15) is 11.7 Å². The van der Waals surface area contributed by atoms with Crippen LogP contribution < -0.4 is 40.5 Å². The van der Waals surface area contributed by atoms with Crippen LogP contribution in [0.3, 0.4) is 0 Å². The molecule has 0 aromatic heterocycles. The van der Waals surface area contributed by atoms with Crippen LogP contribution in [0.25, 0.3) is 0 Å². The van der Waals surface area contributed by atoms with Crippen LogP contribution in [0.2, 0.25) is 0 Å². The van der Waals surface area contributed by atoms with Gasteiger partial charge in [0.2, 0.25) is 0 Å². The van der Waals surface area contributed by atoms with Crippen molar-refractivity contribution in [3.8, 4) is 17.2 Å². The molecule has 29 heavy (non-hydrogen) atoms. The fourth-order valence-corrected chi connectivity index (χ4v) is 4.42. The smallest absolute Gasteiger partial charge is 0.430 e. The van der Waals surface area contributed by atoms with Crippen molar-refractivity contribution in [1.29, 1.82) is 0 Å². The zero-order valence-corrected chi connectivity index (χ0v) is 17.4. The van der Waals surface area contributed by atoms with Gasteiger partial charge >= 0.3 is 27.4 Å². The zero-order chi connectivity index (χ0) is 22.2. The number of ether oxygens (including phenoxy) is 3. The average molecular weight is 529 g/mol. The normalized spacial score (nSPS) is 10.4. The van der Waals surface area contributed by atoms with Crippen LogP contribution >= 0.6 is 0 Å². The highest BCUT2D eigenvalue weighted by molar-refractivity contribution is 5.70. The summed E-state index contributed by atoms with van der Waals surface area (Å²) in [5.41, 5.74) is 0.0846. The molecule has 0 saturated carbocycles. The summed E-state index contributed by atoms with van der Waals surface area (Å²) in [5, 5.41) is 19.5. The molecule has 0 atom stereocenters. The lowest BCUT2D eigenvalue weighted by molar-refractivity contribution is -0.598. The summed E-state index contributed by atoms with van der Waals surface area (Å²) in [6.45, 7) is 0. The summed E-state index contributed by atoms with van der Waals surface area (Å²) in [4.78, 5) is 19.1. The highest BCUT2D eigenvalue weighted by Gasteiger charge is 2.29. The van der Waals surface area contributed by atoms with Gasteiger partial charge in [-0.25, -0.2) is 0 Å². The summed E-state index contributed by atoms with van der Waals surface area (Å²) < 4.78 is 49.6. The molecule has 0 spiro atoms. The van der Waals surface area contributed by atoms with Gasteiger partial charge < -0.3 is 24.1 Å². The first-order chi connectivity index (χ1) is 13.5. The van der Waals surface area contributed by atoms with Gasteiger partial charge in [-0.05, 0) is 12.1 Å². The van der Waals surface area contributed by atoms with Gasteiger partial charge in [0, 0.05) is 24.3 Å². The molecule has 2 aromatic carbocycles. The van der Waals surface area contributed by atoms with Crippen LogP contribution in [0.4, 0.5) is 18.9 Å². The van der Waals surface area contributed by atoms with E-state index in [1.165, 1.54) is 12.1 Å². The molecule has 0 bridgehead atoms. The van der Waals surface area contributed by atoms with Crippen molar-refractivity contribution in [2.45, 2.75) is 6.18 Å². The molecule has 12 heteroatoms. The van der Waals surface area contributed by atoms with Crippen LogP contribution in [-0.2, 0) is 4.79 Å². The van der Waals surface area contributed by atoms with Crippen LogP contribution in [-0.4, -0.2) is 38.4 Å². The Hall–Kier alpha value is -2.77. The molecular formula is C17H15F3INO7. The molecule has 158 valence electrons. The zero-order valence-electron chi connectivity index (χ0n) is 15.3. The van der Waals surface area contributed by atoms with Crippen LogP contribution in [0.1, 0.15) is 0 Å². The van der Waals surface area contributed by atoms with E-state index in [2.05, 4.69) is 0 Å². The number of benzene rings is 2. The summed E-state index contributed by atoms with van der Waals surface area (Å²) in [6, 6.07) is 10.2. The number of carboxylic acids is 1. The van der Waals surface area contributed by atoms with E-state index in [4.69, 9.17) is 24.1 Å². The lowest BCUT2D eigenvalue weighted by Crippen LogP contribution is -3.61. The van der Waals surface area contributed by atoms with Crippen LogP contribution in [0, 0.1) is 17.3 Å². The molecule has 2 rings (SSSR count). The number of carbonyl (C=O) groups is 1. The van der Waals surface area contributed by atoms with E-state index in [1.54, 1.807) is 33.5 Å². The topological polar surface area (TPSA) is 111 Å². The third-order valence-corrected chi connectivity index (χ3v) is 6.07. The van der Waals surface area contributed by atoms with Crippen molar-refractivity contribution in [3.63, 3.8) is 0 Å². The minimum Gasteiger partial charge on any atom is -0.542 e. The quantitative estimate of drug-likeness (QED) is 0.270. The molecule has 2 aromatic rings. The molecule has 8 nitrogen and oxygen atoms in total.